The van der Waals surface area contributed by atoms with Gasteiger partial charge in [0.2, 0.25) is 0 Å². The molecule has 31 heavy (non-hydrogen) atoms. The summed E-state index contributed by atoms with van der Waals surface area (Å²) in [5.41, 5.74) is 3.51. The van der Waals surface area contributed by atoms with Crippen molar-refractivity contribution in [2.24, 2.45) is 10.1 Å². The molecule has 0 aromatic heterocycles. The monoisotopic (exact) mass is 454 g/mol. The predicted octanol–water partition coefficient (Wildman–Crippen LogP) is 4.75. The molecular weight excluding hydrogens is 436 g/mol. The topological polar surface area (TPSA) is 87.3 Å². The van der Waals surface area contributed by atoms with Gasteiger partial charge in [-0.2, -0.15) is 15.1 Å². The standard InChI is InChI=1S/C22H19ClN4O3S/c1-14-11-17(7-8-19(14)23)30-10-2-9-29-16-5-3-15(4-6-16)12-18-20(24)27-22(26-21(18)28)31-13-25-27/h3-8,11-13,24H,2,9-10H2,1H3/b18-12-,24-20?. The number of hydrazone groups is 1. The second kappa shape index (κ2) is 9.36. The third-order valence-electron chi connectivity index (χ3n) is 4.54. The molecule has 0 spiro atoms. The van der Waals surface area contributed by atoms with Crippen LogP contribution in [0, 0.1) is 12.3 Å². The second-order valence-corrected chi connectivity index (χ2v) is 8.01. The van der Waals surface area contributed by atoms with Crippen molar-refractivity contribution in [2.75, 3.05) is 13.2 Å². The van der Waals surface area contributed by atoms with Gasteiger partial charge in [-0.05, 0) is 66.2 Å². The van der Waals surface area contributed by atoms with Gasteiger partial charge in [0.15, 0.2) is 11.0 Å². The summed E-state index contributed by atoms with van der Waals surface area (Å²) in [7, 11) is 0. The Morgan fingerprint density at radius 3 is 2.58 bits per heavy atom. The van der Waals surface area contributed by atoms with Gasteiger partial charge in [0.25, 0.3) is 5.91 Å². The van der Waals surface area contributed by atoms with E-state index in [2.05, 4.69) is 10.1 Å². The first-order valence-corrected chi connectivity index (χ1v) is 10.8. The van der Waals surface area contributed by atoms with Crippen LogP contribution in [-0.4, -0.2) is 40.7 Å². The number of nitrogens with zero attached hydrogens (tertiary/aromatic N) is 3. The summed E-state index contributed by atoms with van der Waals surface area (Å²) in [5, 5.41) is 14.7. The second-order valence-electron chi connectivity index (χ2n) is 6.79. The molecule has 2 aliphatic rings. The van der Waals surface area contributed by atoms with Crippen molar-refractivity contribution in [3.05, 3.63) is 64.2 Å². The lowest BCUT2D eigenvalue weighted by Crippen LogP contribution is -2.35. The van der Waals surface area contributed by atoms with Crippen LogP contribution < -0.4 is 9.47 Å². The number of hydrogen-bond acceptors (Lipinski definition) is 6. The fourth-order valence-electron chi connectivity index (χ4n) is 2.91. The number of halogens is 1. The molecule has 1 amide bonds. The van der Waals surface area contributed by atoms with E-state index in [9.17, 15) is 4.79 Å². The molecular formula is C22H19ClN4O3S. The van der Waals surface area contributed by atoms with E-state index in [4.69, 9.17) is 26.5 Å². The Hall–Kier alpha value is -3.10. The zero-order chi connectivity index (χ0) is 21.8. The van der Waals surface area contributed by atoms with Gasteiger partial charge in [-0.25, -0.2) is 0 Å². The maximum atomic E-state index is 12.2. The summed E-state index contributed by atoms with van der Waals surface area (Å²) >= 11 is 7.23. The highest BCUT2D eigenvalue weighted by molar-refractivity contribution is 8.25. The molecule has 2 aromatic rings. The number of fused-ring (bicyclic) bond motifs is 1. The van der Waals surface area contributed by atoms with Gasteiger partial charge < -0.3 is 9.47 Å². The average Bonchev–Trinajstić information content (AvgIpc) is 3.23. The Morgan fingerprint density at radius 1 is 1.13 bits per heavy atom. The fourth-order valence-corrected chi connectivity index (χ4v) is 3.64. The Bertz CT molecular complexity index is 1110. The summed E-state index contributed by atoms with van der Waals surface area (Å²) in [6, 6.07) is 12.9. The first kappa shape index (κ1) is 21.1. The van der Waals surface area contributed by atoms with Gasteiger partial charge in [-0.1, -0.05) is 23.7 Å². The summed E-state index contributed by atoms with van der Waals surface area (Å²) in [6.07, 6.45) is 2.36. The average molecular weight is 455 g/mol. The predicted molar refractivity (Wildman–Crippen MR) is 124 cm³/mol. The van der Waals surface area contributed by atoms with Crippen LogP contribution in [0.4, 0.5) is 0 Å². The van der Waals surface area contributed by atoms with Gasteiger partial charge in [0.1, 0.15) is 11.5 Å². The molecule has 0 saturated heterocycles. The molecule has 2 aromatic carbocycles. The van der Waals surface area contributed by atoms with Crippen LogP contribution in [0.1, 0.15) is 17.5 Å². The van der Waals surface area contributed by atoms with Crippen molar-refractivity contribution in [1.82, 2.24) is 5.01 Å². The molecule has 1 N–H and O–H groups in total. The van der Waals surface area contributed by atoms with Crippen LogP contribution >= 0.6 is 23.4 Å². The number of aliphatic imine (C=N–C) groups is 1. The van der Waals surface area contributed by atoms with E-state index >= 15 is 0 Å². The third-order valence-corrected chi connectivity index (χ3v) is 5.64. The largest absolute Gasteiger partial charge is 0.493 e. The highest BCUT2D eigenvalue weighted by Crippen LogP contribution is 2.25. The molecule has 0 aliphatic carbocycles. The number of nitrogens with one attached hydrogen (secondary N) is 1. The quantitative estimate of drug-likeness (QED) is 0.482. The van der Waals surface area contributed by atoms with E-state index < -0.39 is 5.91 Å². The fraction of sp³-hybridized carbons (Fsp3) is 0.182. The zero-order valence-electron chi connectivity index (χ0n) is 16.7. The first-order valence-electron chi connectivity index (χ1n) is 9.56. The number of hydrogen-bond donors (Lipinski definition) is 1. The lowest BCUT2D eigenvalue weighted by molar-refractivity contribution is -0.114. The highest BCUT2D eigenvalue weighted by atomic mass is 35.5. The number of thioether (sulfide) groups is 1. The molecule has 7 nitrogen and oxygen atoms in total. The van der Waals surface area contributed by atoms with Crippen molar-refractivity contribution < 1.29 is 14.3 Å². The maximum Gasteiger partial charge on any atom is 0.283 e. The number of carbonyl (C=O) groups excluding carboxylic acids is 1. The van der Waals surface area contributed by atoms with E-state index in [0.29, 0.717) is 18.4 Å². The molecule has 158 valence electrons. The number of amidine groups is 2. The first-order chi connectivity index (χ1) is 15.0. The lowest BCUT2D eigenvalue weighted by atomic mass is 10.1. The number of ether oxygens (including phenoxy) is 2. The number of carbonyl (C=O) groups is 1. The van der Waals surface area contributed by atoms with Crippen LogP contribution in [0.2, 0.25) is 5.02 Å². The number of benzene rings is 2. The molecule has 0 saturated carbocycles. The van der Waals surface area contributed by atoms with Gasteiger partial charge >= 0.3 is 0 Å². The van der Waals surface area contributed by atoms with Gasteiger partial charge in [0.05, 0.1) is 24.3 Å². The summed E-state index contributed by atoms with van der Waals surface area (Å²) in [4.78, 5) is 16.2. The molecule has 0 radical (unpaired) electrons. The van der Waals surface area contributed by atoms with Crippen molar-refractivity contribution in [1.29, 1.82) is 5.41 Å². The number of amides is 1. The van der Waals surface area contributed by atoms with Crippen LogP contribution in [0.3, 0.4) is 0 Å². The Balaban J connectivity index is 1.28. The highest BCUT2D eigenvalue weighted by Gasteiger charge is 2.32. The molecule has 0 bridgehead atoms. The number of aryl methyl sites for hydroxylation is 1. The SMILES string of the molecule is Cc1cc(OCCCOc2ccc(/C=C3/C(=N)N4N=CSC4=NC3=O)cc2)ccc1Cl. The molecule has 4 rings (SSSR count). The van der Waals surface area contributed by atoms with Crippen LogP contribution in [-0.2, 0) is 4.79 Å². The minimum absolute atomic E-state index is 0.0208. The molecule has 0 atom stereocenters. The normalized spacial score (nSPS) is 16.5. The lowest BCUT2D eigenvalue weighted by Gasteiger charge is -2.20. The maximum absolute atomic E-state index is 12.2. The smallest absolute Gasteiger partial charge is 0.283 e. The van der Waals surface area contributed by atoms with Gasteiger partial charge in [0, 0.05) is 11.4 Å². The van der Waals surface area contributed by atoms with Crippen LogP contribution in [0.15, 0.2) is 58.1 Å². The van der Waals surface area contributed by atoms with E-state index in [1.807, 2.05) is 49.4 Å². The zero-order valence-corrected chi connectivity index (χ0v) is 18.2. The molecule has 9 heteroatoms. The van der Waals surface area contributed by atoms with Crippen molar-refractivity contribution in [3.8, 4) is 11.5 Å². The van der Waals surface area contributed by atoms with Crippen molar-refractivity contribution in [2.45, 2.75) is 13.3 Å². The third kappa shape index (κ3) is 4.98. The van der Waals surface area contributed by atoms with Crippen LogP contribution in [0.5, 0.6) is 11.5 Å². The number of rotatable bonds is 7. The van der Waals surface area contributed by atoms with E-state index in [0.717, 1.165) is 34.1 Å². The van der Waals surface area contributed by atoms with E-state index in [1.165, 1.54) is 16.8 Å². The summed E-state index contributed by atoms with van der Waals surface area (Å²) in [5.74, 6) is 1.09. The summed E-state index contributed by atoms with van der Waals surface area (Å²) in [6.45, 7) is 2.99. The van der Waals surface area contributed by atoms with Gasteiger partial charge in [-0.15, -0.1) is 0 Å². The molecule has 0 unspecified atom stereocenters. The van der Waals surface area contributed by atoms with E-state index in [-0.39, 0.29) is 11.4 Å². The minimum Gasteiger partial charge on any atom is -0.493 e. The molecule has 2 heterocycles. The minimum atomic E-state index is -0.439. The van der Waals surface area contributed by atoms with Crippen molar-refractivity contribution in [3.63, 3.8) is 0 Å². The van der Waals surface area contributed by atoms with Crippen molar-refractivity contribution >= 4 is 51.9 Å². The Morgan fingerprint density at radius 2 is 1.84 bits per heavy atom. The molecule has 0 fully saturated rings. The Labute approximate surface area is 188 Å². The molecule has 2 aliphatic heterocycles. The Kier molecular flexibility index (Phi) is 6.39. The van der Waals surface area contributed by atoms with Crippen LogP contribution in [0.25, 0.3) is 6.08 Å². The van der Waals surface area contributed by atoms with Gasteiger partial charge in [-0.3, -0.25) is 10.2 Å². The van der Waals surface area contributed by atoms with E-state index in [1.54, 1.807) is 11.6 Å². The summed E-state index contributed by atoms with van der Waals surface area (Å²) < 4.78 is 11.5.